The summed E-state index contributed by atoms with van der Waals surface area (Å²) in [5.41, 5.74) is 3.06. The van der Waals surface area contributed by atoms with Gasteiger partial charge in [-0.2, -0.15) is 5.06 Å². The summed E-state index contributed by atoms with van der Waals surface area (Å²) in [5, 5.41) is 23.4. The molecule has 13 nitrogen and oxygen atoms in total. The van der Waals surface area contributed by atoms with E-state index in [2.05, 4.69) is 15.4 Å². The lowest BCUT2D eigenvalue weighted by molar-refractivity contribution is -0.147. The minimum Gasteiger partial charge on any atom is -0.461 e. The van der Waals surface area contributed by atoms with Crippen LogP contribution in [-0.4, -0.2) is 60.3 Å². The van der Waals surface area contributed by atoms with Crippen molar-refractivity contribution < 1.29 is 37.5 Å². The second kappa shape index (κ2) is 19.8. The fourth-order valence-electron chi connectivity index (χ4n) is 5.24. The Balaban J connectivity index is 1.48. The number of aryl methyl sites for hydroxylation is 1. The SMILES string of the molecule is CC(=O)N(O)C(=N)c1ccc(CNC(=O)[C@H](CCC(=O)OCc2ccccc2)NC(=O)[C@@H](CCc2ccccc2)NS(=O)(=O)Cc2ccccc2)cc1. The average molecular weight is 742 g/mol. The zero-order valence-corrected chi connectivity index (χ0v) is 30.1. The quantitative estimate of drug-likeness (QED) is 0.0332. The number of sulfonamides is 1. The van der Waals surface area contributed by atoms with Gasteiger partial charge in [0.05, 0.1) is 5.75 Å². The smallest absolute Gasteiger partial charge is 0.306 e. The molecule has 0 saturated heterocycles. The van der Waals surface area contributed by atoms with E-state index in [-0.39, 0.29) is 48.8 Å². The highest BCUT2D eigenvalue weighted by Crippen LogP contribution is 2.12. The molecule has 278 valence electrons. The first kappa shape index (κ1) is 40.1. The number of carbonyl (C=O) groups is 4. The van der Waals surface area contributed by atoms with Gasteiger partial charge in [-0.3, -0.25) is 29.8 Å². The third-order valence-corrected chi connectivity index (χ3v) is 9.48. The molecule has 3 amide bonds. The molecular formula is C39H43N5O8S. The topological polar surface area (TPSA) is 195 Å². The summed E-state index contributed by atoms with van der Waals surface area (Å²) in [6.45, 7) is 1.14. The Morgan fingerprint density at radius 1 is 0.736 bits per heavy atom. The van der Waals surface area contributed by atoms with Crippen LogP contribution in [0.5, 0.6) is 0 Å². The molecule has 0 unspecified atom stereocenters. The standard InChI is InChI=1S/C39H43N5O8S/c1-28(45)44(49)37(40)33-20-17-30(18-21-33)25-41-38(47)34(23-24-36(46)52-26-31-13-7-3-8-14-31)42-39(48)35(22-19-29-11-5-2-6-12-29)43-53(50,51)27-32-15-9-4-10-16-32/h2-18,20-21,34-35,40,43,49H,19,22-27H2,1H3,(H,41,47)(H,42,48)/t34-,35+/m0/s1. The van der Waals surface area contributed by atoms with Gasteiger partial charge in [0.1, 0.15) is 18.7 Å². The number of amidine groups is 1. The summed E-state index contributed by atoms with van der Waals surface area (Å²) >= 11 is 0. The van der Waals surface area contributed by atoms with Crippen LogP contribution in [0.3, 0.4) is 0 Å². The lowest BCUT2D eigenvalue weighted by atomic mass is 10.0. The van der Waals surface area contributed by atoms with Crippen molar-refractivity contribution in [1.82, 2.24) is 20.4 Å². The molecule has 2 atom stereocenters. The Morgan fingerprint density at radius 3 is 1.89 bits per heavy atom. The highest BCUT2D eigenvalue weighted by molar-refractivity contribution is 7.88. The maximum Gasteiger partial charge on any atom is 0.306 e. The van der Waals surface area contributed by atoms with Gasteiger partial charge < -0.3 is 15.4 Å². The third kappa shape index (κ3) is 13.4. The maximum atomic E-state index is 13.8. The van der Waals surface area contributed by atoms with Crippen molar-refractivity contribution >= 4 is 39.5 Å². The number of esters is 1. The van der Waals surface area contributed by atoms with E-state index in [0.29, 0.717) is 17.5 Å². The molecule has 5 N–H and O–H groups in total. The van der Waals surface area contributed by atoms with Gasteiger partial charge in [-0.05, 0) is 41.5 Å². The van der Waals surface area contributed by atoms with E-state index < -0.39 is 51.6 Å². The number of hydroxylamine groups is 2. The van der Waals surface area contributed by atoms with Crippen molar-refractivity contribution in [3.05, 3.63) is 143 Å². The number of carbonyl (C=O) groups excluding carboxylic acids is 4. The molecular weight excluding hydrogens is 699 g/mol. The molecule has 0 radical (unpaired) electrons. The van der Waals surface area contributed by atoms with Crippen LogP contribution in [0.4, 0.5) is 0 Å². The normalized spacial score (nSPS) is 12.2. The minimum atomic E-state index is -4.00. The predicted octanol–water partition coefficient (Wildman–Crippen LogP) is 4.00. The summed E-state index contributed by atoms with van der Waals surface area (Å²) in [4.78, 5) is 51.6. The van der Waals surface area contributed by atoms with Crippen molar-refractivity contribution in [2.75, 3.05) is 0 Å². The molecule has 0 saturated carbocycles. The van der Waals surface area contributed by atoms with Gasteiger partial charge >= 0.3 is 5.97 Å². The van der Waals surface area contributed by atoms with Crippen molar-refractivity contribution in [2.45, 2.75) is 63.6 Å². The van der Waals surface area contributed by atoms with Gasteiger partial charge in [-0.1, -0.05) is 115 Å². The van der Waals surface area contributed by atoms with Crippen LogP contribution in [0.15, 0.2) is 115 Å². The van der Waals surface area contributed by atoms with E-state index in [1.54, 1.807) is 54.6 Å². The van der Waals surface area contributed by atoms with E-state index in [0.717, 1.165) is 18.1 Å². The first-order chi connectivity index (χ1) is 25.4. The average Bonchev–Trinajstić information content (AvgIpc) is 3.16. The molecule has 4 aromatic carbocycles. The summed E-state index contributed by atoms with van der Waals surface area (Å²) in [7, 11) is -4.00. The van der Waals surface area contributed by atoms with Crippen LogP contribution < -0.4 is 15.4 Å². The summed E-state index contributed by atoms with van der Waals surface area (Å²) in [6.07, 6.45) is 0.0992. The fraction of sp³-hybridized carbons (Fsp3) is 0.256. The second-order valence-electron chi connectivity index (χ2n) is 12.3. The molecule has 4 rings (SSSR count). The van der Waals surface area contributed by atoms with Gasteiger partial charge in [0.2, 0.25) is 27.7 Å². The molecule has 0 aromatic heterocycles. The van der Waals surface area contributed by atoms with Crippen LogP contribution in [0.1, 0.15) is 54.0 Å². The van der Waals surface area contributed by atoms with Crippen molar-refractivity contribution in [3.63, 3.8) is 0 Å². The Kier molecular flexibility index (Phi) is 15.0. The van der Waals surface area contributed by atoms with Crippen LogP contribution in [0, 0.1) is 5.41 Å². The summed E-state index contributed by atoms with van der Waals surface area (Å²) in [6, 6.07) is 30.6. The zero-order valence-electron chi connectivity index (χ0n) is 29.2. The number of ether oxygens (including phenoxy) is 1. The molecule has 53 heavy (non-hydrogen) atoms. The minimum absolute atomic E-state index is 0.00599. The molecule has 0 aliphatic rings. The number of rotatable bonds is 18. The fourth-order valence-corrected chi connectivity index (χ4v) is 6.61. The van der Waals surface area contributed by atoms with Crippen molar-refractivity contribution in [1.29, 1.82) is 5.41 Å². The van der Waals surface area contributed by atoms with E-state index in [9.17, 15) is 32.8 Å². The van der Waals surface area contributed by atoms with E-state index >= 15 is 0 Å². The second-order valence-corrected chi connectivity index (χ2v) is 14.0. The Bertz CT molecular complexity index is 1940. The van der Waals surface area contributed by atoms with Gasteiger partial charge in [-0.15, -0.1) is 0 Å². The predicted molar refractivity (Wildman–Crippen MR) is 198 cm³/mol. The highest BCUT2D eigenvalue weighted by Gasteiger charge is 2.29. The van der Waals surface area contributed by atoms with E-state index in [4.69, 9.17) is 10.1 Å². The van der Waals surface area contributed by atoms with Gasteiger partial charge in [0.25, 0.3) is 0 Å². The number of nitrogens with zero attached hydrogens (tertiary/aromatic N) is 1. The number of hydrogen-bond acceptors (Lipinski definition) is 9. The maximum absolute atomic E-state index is 13.8. The third-order valence-electron chi connectivity index (χ3n) is 8.12. The number of benzene rings is 4. The lowest BCUT2D eigenvalue weighted by Gasteiger charge is -2.23. The molecule has 0 fully saturated rings. The van der Waals surface area contributed by atoms with Crippen LogP contribution in [-0.2, 0) is 59.3 Å². The van der Waals surface area contributed by atoms with Crippen molar-refractivity contribution in [2.24, 2.45) is 0 Å². The monoisotopic (exact) mass is 741 g/mol. The van der Waals surface area contributed by atoms with Crippen molar-refractivity contribution in [3.8, 4) is 0 Å². The summed E-state index contributed by atoms with van der Waals surface area (Å²) < 4.78 is 34.4. The first-order valence-corrected chi connectivity index (χ1v) is 18.6. The first-order valence-electron chi connectivity index (χ1n) is 16.9. The van der Waals surface area contributed by atoms with E-state index in [1.165, 1.54) is 12.1 Å². The Morgan fingerprint density at radius 2 is 1.30 bits per heavy atom. The number of hydrogen-bond donors (Lipinski definition) is 5. The molecule has 4 aromatic rings. The summed E-state index contributed by atoms with van der Waals surface area (Å²) in [5.74, 6) is -3.46. The van der Waals surface area contributed by atoms with Crippen LogP contribution in [0.2, 0.25) is 0 Å². The van der Waals surface area contributed by atoms with Gasteiger partial charge in [-0.25, -0.2) is 13.1 Å². The number of nitrogens with one attached hydrogen (secondary N) is 4. The molecule has 0 heterocycles. The molecule has 0 bridgehead atoms. The zero-order chi connectivity index (χ0) is 38.2. The molecule has 0 aliphatic heterocycles. The van der Waals surface area contributed by atoms with Gasteiger partial charge in [0, 0.05) is 25.5 Å². The van der Waals surface area contributed by atoms with Crippen LogP contribution >= 0.6 is 0 Å². The Hall–Kier alpha value is -5.70. The largest absolute Gasteiger partial charge is 0.461 e. The van der Waals surface area contributed by atoms with E-state index in [1.807, 2.05) is 48.5 Å². The van der Waals surface area contributed by atoms with Gasteiger partial charge in [0.15, 0.2) is 5.84 Å². The highest BCUT2D eigenvalue weighted by atomic mass is 32.2. The molecule has 14 heteroatoms. The van der Waals surface area contributed by atoms with Crippen LogP contribution in [0.25, 0.3) is 0 Å². The molecule has 0 aliphatic carbocycles. The molecule has 0 spiro atoms. The lowest BCUT2D eigenvalue weighted by Crippen LogP contribution is -2.54. The Labute approximate surface area is 308 Å². The number of amides is 3.